The van der Waals surface area contributed by atoms with Gasteiger partial charge in [-0.05, 0) is 37.8 Å². The van der Waals surface area contributed by atoms with Crippen molar-refractivity contribution in [3.05, 3.63) is 23.8 Å². The second kappa shape index (κ2) is 6.61. The standard InChI is InChI=1S/C15H21NO4/c1-19-13-5-3-4-12(14(13)20-2)15(18)16-10-6-8-11(17)9-7-10/h3-5,10-11,17H,6-9H2,1-2H3,(H,16,18). The first-order valence-corrected chi connectivity index (χ1v) is 6.85. The van der Waals surface area contributed by atoms with Crippen LogP contribution in [0.2, 0.25) is 0 Å². The molecule has 0 heterocycles. The molecule has 1 aliphatic rings. The minimum Gasteiger partial charge on any atom is -0.493 e. The van der Waals surface area contributed by atoms with Crippen molar-refractivity contribution in [2.75, 3.05) is 14.2 Å². The number of rotatable bonds is 4. The van der Waals surface area contributed by atoms with Crippen LogP contribution >= 0.6 is 0 Å². The van der Waals surface area contributed by atoms with Crippen LogP contribution < -0.4 is 14.8 Å². The fourth-order valence-electron chi connectivity index (χ4n) is 2.55. The number of benzene rings is 1. The number of hydrogen-bond donors (Lipinski definition) is 2. The van der Waals surface area contributed by atoms with E-state index in [2.05, 4.69) is 5.32 Å². The van der Waals surface area contributed by atoms with Gasteiger partial charge in [0.15, 0.2) is 11.5 Å². The van der Waals surface area contributed by atoms with Crippen LogP contribution in [0.3, 0.4) is 0 Å². The third-order valence-corrected chi connectivity index (χ3v) is 3.68. The molecular formula is C15H21NO4. The number of aliphatic hydroxyl groups excluding tert-OH is 1. The number of amides is 1. The van der Waals surface area contributed by atoms with Gasteiger partial charge in [0.1, 0.15) is 0 Å². The summed E-state index contributed by atoms with van der Waals surface area (Å²) >= 11 is 0. The van der Waals surface area contributed by atoms with Gasteiger partial charge in [-0.25, -0.2) is 0 Å². The number of carbonyl (C=O) groups is 1. The summed E-state index contributed by atoms with van der Waals surface area (Å²) in [5.41, 5.74) is 0.470. The Hall–Kier alpha value is -1.75. The van der Waals surface area contributed by atoms with Gasteiger partial charge in [0.05, 0.1) is 25.9 Å². The van der Waals surface area contributed by atoms with Crippen molar-refractivity contribution in [2.45, 2.75) is 37.8 Å². The first kappa shape index (κ1) is 14.7. The molecule has 0 radical (unpaired) electrons. The molecule has 2 rings (SSSR count). The Balaban J connectivity index is 2.09. The zero-order valence-corrected chi connectivity index (χ0v) is 11.9. The second-order valence-corrected chi connectivity index (χ2v) is 5.02. The van der Waals surface area contributed by atoms with Gasteiger partial charge in [0.25, 0.3) is 5.91 Å². The summed E-state index contributed by atoms with van der Waals surface area (Å²) < 4.78 is 10.5. The predicted molar refractivity (Wildman–Crippen MR) is 75.3 cm³/mol. The maximum Gasteiger partial charge on any atom is 0.255 e. The van der Waals surface area contributed by atoms with E-state index in [9.17, 15) is 9.90 Å². The normalized spacial score (nSPS) is 22.1. The third kappa shape index (κ3) is 3.22. The fourth-order valence-corrected chi connectivity index (χ4v) is 2.55. The average Bonchev–Trinajstić information content (AvgIpc) is 2.48. The third-order valence-electron chi connectivity index (χ3n) is 3.68. The van der Waals surface area contributed by atoms with Crippen molar-refractivity contribution in [2.24, 2.45) is 0 Å². The molecule has 110 valence electrons. The summed E-state index contributed by atoms with van der Waals surface area (Å²) in [6, 6.07) is 5.35. The molecule has 0 unspecified atom stereocenters. The van der Waals surface area contributed by atoms with Gasteiger partial charge >= 0.3 is 0 Å². The topological polar surface area (TPSA) is 67.8 Å². The quantitative estimate of drug-likeness (QED) is 0.881. The highest BCUT2D eigenvalue weighted by atomic mass is 16.5. The van der Waals surface area contributed by atoms with Crippen molar-refractivity contribution in [1.82, 2.24) is 5.32 Å². The van der Waals surface area contributed by atoms with E-state index in [4.69, 9.17) is 9.47 Å². The van der Waals surface area contributed by atoms with Crippen LogP contribution in [0.1, 0.15) is 36.0 Å². The van der Waals surface area contributed by atoms with Crippen molar-refractivity contribution in [1.29, 1.82) is 0 Å². The van der Waals surface area contributed by atoms with E-state index < -0.39 is 0 Å². The van der Waals surface area contributed by atoms with E-state index in [1.54, 1.807) is 25.3 Å². The molecule has 0 saturated heterocycles. The number of aliphatic hydroxyl groups is 1. The Labute approximate surface area is 118 Å². The van der Waals surface area contributed by atoms with Crippen molar-refractivity contribution >= 4 is 5.91 Å². The van der Waals surface area contributed by atoms with Crippen LogP contribution in [0.5, 0.6) is 11.5 Å². The van der Waals surface area contributed by atoms with E-state index in [1.807, 2.05) is 0 Å². The number of ether oxygens (including phenoxy) is 2. The lowest BCUT2D eigenvalue weighted by Crippen LogP contribution is -2.38. The lowest BCUT2D eigenvalue weighted by atomic mass is 9.93. The van der Waals surface area contributed by atoms with Gasteiger partial charge in [0.2, 0.25) is 0 Å². The van der Waals surface area contributed by atoms with E-state index in [0.29, 0.717) is 17.1 Å². The largest absolute Gasteiger partial charge is 0.493 e. The maximum absolute atomic E-state index is 12.3. The first-order chi connectivity index (χ1) is 9.65. The number of hydrogen-bond acceptors (Lipinski definition) is 4. The molecule has 1 aliphatic carbocycles. The molecular weight excluding hydrogens is 258 g/mol. The molecule has 1 fully saturated rings. The monoisotopic (exact) mass is 279 g/mol. The van der Waals surface area contributed by atoms with E-state index in [0.717, 1.165) is 25.7 Å². The van der Waals surface area contributed by atoms with Crippen LogP contribution in [0, 0.1) is 0 Å². The lowest BCUT2D eigenvalue weighted by molar-refractivity contribution is 0.0864. The first-order valence-electron chi connectivity index (χ1n) is 6.85. The van der Waals surface area contributed by atoms with Gasteiger partial charge in [-0.1, -0.05) is 6.07 Å². The van der Waals surface area contributed by atoms with Crippen LogP contribution in [-0.4, -0.2) is 37.4 Å². The molecule has 0 atom stereocenters. The van der Waals surface area contributed by atoms with Crippen LogP contribution in [0.15, 0.2) is 18.2 Å². The van der Waals surface area contributed by atoms with E-state index in [1.165, 1.54) is 7.11 Å². The van der Waals surface area contributed by atoms with Gasteiger partial charge in [0, 0.05) is 6.04 Å². The average molecular weight is 279 g/mol. The highest BCUT2D eigenvalue weighted by Crippen LogP contribution is 2.31. The molecule has 0 bridgehead atoms. The Morgan fingerprint density at radius 2 is 1.90 bits per heavy atom. The maximum atomic E-state index is 12.3. The van der Waals surface area contributed by atoms with Crippen molar-refractivity contribution in [3.63, 3.8) is 0 Å². The zero-order chi connectivity index (χ0) is 14.5. The Morgan fingerprint density at radius 1 is 1.20 bits per heavy atom. The Bertz CT molecular complexity index is 467. The summed E-state index contributed by atoms with van der Waals surface area (Å²) in [5.74, 6) is 0.824. The molecule has 5 heteroatoms. The summed E-state index contributed by atoms with van der Waals surface area (Å²) in [7, 11) is 3.06. The minimum atomic E-state index is -0.227. The van der Waals surface area contributed by atoms with Gasteiger partial charge < -0.3 is 19.9 Å². The van der Waals surface area contributed by atoms with Gasteiger partial charge in [-0.2, -0.15) is 0 Å². The molecule has 1 aromatic rings. The fraction of sp³-hybridized carbons (Fsp3) is 0.533. The second-order valence-electron chi connectivity index (χ2n) is 5.02. The summed E-state index contributed by atoms with van der Waals surface area (Å²) in [4.78, 5) is 12.3. The minimum absolute atomic E-state index is 0.113. The van der Waals surface area contributed by atoms with E-state index in [-0.39, 0.29) is 18.1 Å². The number of nitrogens with one attached hydrogen (secondary N) is 1. The van der Waals surface area contributed by atoms with Crippen LogP contribution in [-0.2, 0) is 0 Å². The molecule has 2 N–H and O–H groups in total. The molecule has 0 spiro atoms. The van der Waals surface area contributed by atoms with Crippen molar-refractivity contribution in [3.8, 4) is 11.5 Å². The van der Waals surface area contributed by atoms with Crippen LogP contribution in [0.4, 0.5) is 0 Å². The Kier molecular flexibility index (Phi) is 4.84. The van der Waals surface area contributed by atoms with Gasteiger partial charge in [-0.15, -0.1) is 0 Å². The molecule has 0 aliphatic heterocycles. The molecule has 20 heavy (non-hydrogen) atoms. The molecule has 1 amide bonds. The molecule has 1 aromatic carbocycles. The summed E-state index contributed by atoms with van der Waals surface area (Å²) in [6.45, 7) is 0. The van der Waals surface area contributed by atoms with Crippen molar-refractivity contribution < 1.29 is 19.4 Å². The number of para-hydroxylation sites is 1. The van der Waals surface area contributed by atoms with E-state index >= 15 is 0 Å². The highest BCUT2D eigenvalue weighted by molar-refractivity contribution is 5.98. The lowest BCUT2D eigenvalue weighted by Gasteiger charge is -2.26. The SMILES string of the molecule is COc1cccc(C(=O)NC2CCC(O)CC2)c1OC. The summed E-state index contributed by atoms with van der Waals surface area (Å²) in [5, 5.41) is 12.5. The van der Waals surface area contributed by atoms with Gasteiger partial charge in [-0.3, -0.25) is 4.79 Å². The number of methoxy groups -OCH3 is 2. The van der Waals surface area contributed by atoms with Crippen LogP contribution in [0.25, 0.3) is 0 Å². The Morgan fingerprint density at radius 3 is 2.50 bits per heavy atom. The predicted octanol–water partition coefficient (Wildman–Crippen LogP) is 1.74. The smallest absolute Gasteiger partial charge is 0.255 e. The molecule has 1 saturated carbocycles. The zero-order valence-electron chi connectivity index (χ0n) is 11.9. The summed E-state index contributed by atoms with van der Waals surface area (Å²) in [6.07, 6.45) is 2.85. The molecule has 0 aromatic heterocycles. The number of carbonyl (C=O) groups excluding carboxylic acids is 1. The highest BCUT2D eigenvalue weighted by Gasteiger charge is 2.23. The molecule has 5 nitrogen and oxygen atoms in total.